The molecule has 0 radical (unpaired) electrons. The van der Waals surface area contributed by atoms with Crippen LogP contribution in [0.2, 0.25) is 0 Å². The molecule has 2 N–H and O–H groups in total. The molecule has 124 valence electrons. The van der Waals surface area contributed by atoms with E-state index in [1.54, 1.807) is 0 Å². The van der Waals surface area contributed by atoms with E-state index in [4.69, 9.17) is 10.5 Å². The summed E-state index contributed by atoms with van der Waals surface area (Å²) in [5.74, 6) is 1.08. The van der Waals surface area contributed by atoms with Crippen LogP contribution in [0.1, 0.15) is 35.2 Å². The number of ether oxygens (including phenoxy) is 1. The minimum Gasteiger partial charge on any atom is -0.487 e. The summed E-state index contributed by atoms with van der Waals surface area (Å²) in [6.45, 7) is 1.50. The molecule has 0 unspecified atom stereocenters. The summed E-state index contributed by atoms with van der Waals surface area (Å²) in [7, 11) is 0. The Morgan fingerprint density at radius 3 is 2.54 bits per heavy atom. The van der Waals surface area contributed by atoms with E-state index < -0.39 is 0 Å². The van der Waals surface area contributed by atoms with Crippen LogP contribution >= 0.6 is 0 Å². The zero-order valence-electron chi connectivity index (χ0n) is 13.7. The monoisotopic (exact) mass is 322 g/mol. The molecule has 24 heavy (non-hydrogen) atoms. The number of amides is 1. The number of benzene rings is 2. The van der Waals surface area contributed by atoms with E-state index in [2.05, 4.69) is 0 Å². The second-order valence-electron chi connectivity index (χ2n) is 6.81. The molecule has 1 amide bonds. The Labute approximate surface area is 142 Å². The molecule has 4 heteroatoms. The fraction of sp³-hybridized carbons (Fsp3) is 0.350. The number of likely N-dealkylation sites (tertiary alicyclic amines) is 1. The smallest absolute Gasteiger partial charge is 0.253 e. The highest BCUT2D eigenvalue weighted by Crippen LogP contribution is 2.40. The van der Waals surface area contributed by atoms with Crippen molar-refractivity contribution in [1.29, 1.82) is 0 Å². The number of carbonyl (C=O) groups is 1. The molecule has 2 aliphatic heterocycles. The number of carbonyl (C=O) groups excluding carboxylic acids is 1. The number of piperidine rings is 1. The first-order valence-electron chi connectivity index (χ1n) is 8.57. The first-order valence-corrected chi connectivity index (χ1v) is 8.57. The van der Waals surface area contributed by atoms with Gasteiger partial charge < -0.3 is 15.4 Å². The van der Waals surface area contributed by atoms with Crippen molar-refractivity contribution in [2.24, 2.45) is 0 Å². The van der Waals surface area contributed by atoms with Gasteiger partial charge in [0.1, 0.15) is 11.4 Å². The van der Waals surface area contributed by atoms with Gasteiger partial charge in [0.15, 0.2) is 0 Å². The van der Waals surface area contributed by atoms with Crippen molar-refractivity contribution >= 4 is 11.6 Å². The molecular weight excluding hydrogens is 300 g/mol. The highest BCUT2D eigenvalue weighted by Gasteiger charge is 2.40. The molecular formula is C20H22N2O2. The Kier molecular flexibility index (Phi) is 3.68. The van der Waals surface area contributed by atoms with Crippen molar-refractivity contribution < 1.29 is 9.53 Å². The fourth-order valence-corrected chi connectivity index (χ4v) is 3.77. The summed E-state index contributed by atoms with van der Waals surface area (Å²) >= 11 is 0. The third kappa shape index (κ3) is 2.73. The lowest BCUT2D eigenvalue weighted by atomic mass is 9.83. The van der Waals surface area contributed by atoms with E-state index in [0.29, 0.717) is 0 Å². The van der Waals surface area contributed by atoms with Gasteiger partial charge in [-0.1, -0.05) is 18.2 Å². The third-order valence-corrected chi connectivity index (χ3v) is 5.24. The van der Waals surface area contributed by atoms with Crippen molar-refractivity contribution in [3.8, 4) is 5.75 Å². The Hall–Kier alpha value is -2.49. The van der Waals surface area contributed by atoms with Gasteiger partial charge in [-0.3, -0.25) is 4.79 Å². The zero-order chi connectivity index (χ0) is 16.6. The molecule has 2 heterocycles. The summed E-state index contributed by atoms with van der Waals surface area (Å²) in [6, 6.07) is 15.4. The Bertz CT molecular complexity index is 749. The van der Waals surface area contributed by atoms with Gasteiger partial charge in [0, 0.05) is 37.2 Å². The first kappa shape index (κ1) is 15.1. The molecule has 2 aromatic carbocycles. The largest absolute Gasteiger partial charge is 0.487 e. The fourth-order valence-electron chi connectivity index (χ4n) is 3.77. The number of hydrogen-bond acceptors (Lipinski definition) is 3. The minimum absolute atomic E-state index is 0.120. The normalized spacial score (nSPS) is 18.8. The van der Waals surface area contributed by atoms with Gasteiger partial charge >= 0.3 is 0 Å². The minimum atomic E-state index is -0.128. The Balaban J connectivity index is 1.45. The first-order chi connectivity index (χ1) is 11.7. The molecule has 2 aliphatic rings. The van der Waals surface area contributed by atoms with Gasteiger partial charge in [0.25, 0.3) is 5.91 Å². The molecule has 0 bridgehead atoms. The topological polar surface area (TPSA) is 55.6 Å². The molecule has 0 aliphatic carbocycles. The lowest BCUT2D eigenvalue weighted by Gasteiger charge is -2.44. The number of hydrogen-bond donors (Lipinski definition) is 1. The number of fused-ring (bicyclic) bond motifs is 1. The maximum Gasteiger partial charge on any atom is 0.253 e. The van der Waals surface area contributed by atoms with E-state index in [1.807, 2.05) is 53.4 Å². The summed E-state index contributed by atoms with van der Waals surface area (Å²) in [6.07, 6.45) is 3.76. The predicted octanol–water partition coefficient (Wildman–Crippen LogP) is 3.27. The van der Waals surface area contributed by atoms with Crippen LogP contribution in [-0.4, -0.2) is 29.5 Å². The molecule has 4 nitrogen and oxygen atoms in total. The summed E-state index contributed by atoms with van der Waals surface area (Å²) in [5.41, 5.74) is 8.48. The van der Waals surface area contributed by atoms with Crippen LogP contribution < -0.4 is 10.5 Å². The number of anilines is 1. The van der Waals surface area contributed by atoms with Crippen molar-refractivity contribution in [2.45, 2.75) is 31.3 Å². The molecule has 0 atom stereocenters. The number of nitrogens with two attached hydrogens (primary N) is 1. The van der Waals surface area contributed by atoms with Crippen molar-refractivity contribution in [1.82, 2.24) is 4.90 Å². The zero-order valence-corrected chi connectivity index (χ0v) is 13.7. The Morgan fingerprint density at radius 1 is 1.04 bits per heavy atom. The molecule has 1 saturated heterocycles. The highest BCUT2D eigenvalue weighted by atomic mass is 16.5. The van der Waals surface area contributed by atoms with Crippen LogP contribution in [0.25, 0.3) is 0 Å². The summed E-state index contributed by atoms with van der Waals surface area (Å²) in [5, 5.41) is 0. The van der Waals surface area contributed by atoms with E-state index in [0.717, 1.165) is 55.8 Å². The number of rotatable bonds is 1. The number of nitrogens with zero attached hydrogens (tertiary/aromatic N) is 1. The molecule has 2 aromatic rings. The van der Waals surface area contributed by atoms with Crippen molar-refractivity contribution in [3.05, 3.63) is 59.7 Å². The summed E-state index contributed by atoms with van der Waals surface area (Å²) < 4.78 is 6.36. The van der Waals surface area contributed by atoms with Crippen LogP contribution in [0.3, 0.4) is 0 Å². The van der Waals surface area contributed by atoms with Gasteiger partial charge in [-0.15, -0.1) is 0 Å². The number of aryl methyl sites for hydroxylation is 1. The van der Waals surface area contributed by atoms with Crippen molar-refractivity contribution in [2.75, 3.05) is 18.8 Å². The molecule has 0 saturated carbocycles. The average molecular weight is 322 g/mol. The van der Waals surface area contributed by atoms with Gasteiger partial charge in [-0.25, -0.2) is 0 Å². The number of nitrogen functional groups attached to an aromatic ring is 1. The van der Waals surface area contributed by atoms with E-state index >= 15 is 0 Å². The van der Waals surface area contributed by atoms with Crippen LogP contribution in [0.4, 0.5) is 5.69 Å². The van der Waals surface area contributed by atoms with Gasteiger partial charge in [-0.05, 0) is 48.7 Å². The van der Waals surface area contributed by atoms with Gasteiger partial charge in [-0.2, -0.15) is 0 Å². The van der Waals surface area contributed by atoms with E-state index in [9.17, 15) is 4.79 Å². The molecule has 1 spiro atoms. The second-order valence-corrected chi connectivity index (χ2v) is 6.81. The van der Waals surface area contributed by atoms with Gasteiger partial charge in [0.05, 0.1) is 0 Å². The van der Waals surface area contributed by atoms with Crippen LogP contribution in [0, 0.1) is 0 Å². The standard InChI is InChI=1S/C20H22N2O2/c21-17-6-7-18-16(14-17)8-9-20(24-18)10-12-22(13-11-20)19(23)15-4-2-1-3-5-15/h1-7,14H,8-13,21H2. The Morgan fingerprint density at radius 2 is 1.79 bits per heavy atom. The highest BCUT2D eigenvalue weighted by molar-refractivity contribution is 5.94. The van der Waals surface area contributed by atoms with Crippen molar-refractivity contribution in [3.63, 3.8) is 0 Å². The SMILES string of the molecule is Nc1ccc2c(c1)CCC1(CCN(C(=O)c3ccccc3)CC1)O2. The predicted molar refractivity (Wildman–Crippen MR) is 94.1 cm³/mol. The van der Waals surface area contributed by atoms with Crippen LogP contribution in [-0.2, 0) is 6.42 Å². The maximum atomic E-state index is 12.6. The van der Waals surface area contributed by atoms with Gasteiger partial charge in [0.2, 0.25) is 0 Å². The van der Waals surface area contributed by atoms with E-state index in [-0.39, 0.29) is 11.5 Å². The quantitative estimate of drug-likeness (QED) is 0.820. The van der Waals surface area contributed by atoms with Crippen LogP contribution in [0.5, 0.6) is 5.75 Å². The lowest BCUT2D eigenvalue weighted by molar-refractivity contribution is -0.0106. The maximum absolute atomic E-state index is 12.6. The third-order valence-electron chi connectivity index (χ3n) is 5.24. The summed E-state index contributed by atoms with van der Waals surface area (Å²) in [4.78, 5) is 14.5. The second kappa shape index (κ2) is 5.86. The lowest BCUT2D eigenvalue weighted by Crippen LogP contribution is -2.51. The van der Waals surface area contributed by atoms with E-state index in [1.165, 1.54) is 5.56 Å². The average Bonchev–Trinajstić information content (AvgIpc) is 2.63. The molecule has 4 rings (SSSR count). The molecule has 1 fully saturated rings. The van der Waals surface area contributed by atoms with Crippen LogP contribution in [0.15, 0.2) is 48.5 Å². The molecule has 0 aromatic heterocycles.